The lowest BCUT2D eigenvalue weighted by atomic mass is 9.49. The van der Waals surface area contributed by atoms with E-state index in [1.165, 1.54) is 36.3 Å². The number of halogens is 1. The highest BCUT2D eigenvalue weighted by Gasteiger charge is 2.50. The fraction of sp³-hybridized carbons (Fsp3) is 0.667. The minimum atomic E-state index is 0.683. The summed E-state index contributed by atoms with van der Waals surface area (Å²) in [7, 11) is 0. The van der Waals surface area contributed by atoms with Crippen LogP contribution in [0.4, 0.5) is 5.69 Å². The third-order valence-electron chi connectivity index (χ3n) is 6.04. The molecule has 1 nitrogen and oxygen atoms in total. The van der Waals surface area contributed by atoms with Crippen LogP contribution in [-0.4, -0.2) is 5.75 Å². The second-order valence-corrected chi connectivity index (χ2v) is 9.27. The summed E-state index contributed by atoms with van der Waals surface area (Å²) in [6, 6.07) is 6.04. The normalized spacial score (nSPS) is 37.1. The predicted molar refractivity (Wildman–Crippen MR) is 91.8 cm³/mol. The Morgan fingerprint density at radius 3 is 2.29 bits per heavy atom. The van der Waals surface area contributed by atoms with E-state index >= 15 is 0 Å². The Balaban J connectivity index is 1.37. The molecule has 0 unspecified atom stereocenters. The van der Waals surface area contributed by atoms with Gasteiger partial charge in [0, 0.05) is 4.90 Å². The van der Waals surface area contributed by atoms with Gasteiger partial charge in [-0.3, -0.25) is 0 Å². The first kappa shape index (κ1) is 14.3. The lowest BCUT2D eigenvalue weighted by Crippen LogP contribution is -2.46. The van der Waals surface area contributed by atoms with Crippen molar-refractivity contribution in [3.63, 3.8) is 0 Å². The maximum Gasteiger partial charge on any atom is 0.0646 e. The minimum Gasteiger partial charge on any atom is -0.398 e. The van der Waals surface area contributed by atoms with Crippen molar-refractivity contribution in [3.05, 3.63) is 23.2 Å². The summed E-state index contributed by atoms with van der Waals surface area (Å²) in [5, 5.41) is 0.690. The molecule has 2 N–H and O–H groups in total. The molecule has 4 aliphatic rings. The van der Waals surface area contributed by atoms with Crippen molar-refractivity contribution in [2.75, 3.05) is 11.5 Å². The van der Waals surface area contributed by atoms with Crippen molar-refractivity contribution in [2.45, 2.75) is 49.8 Å². The highest BCUT2D eigenvalue weighted by molar-refractivity contribution is 7.99. The number of nitrogens with two attached hydrogens (primary N) is 1. The lowest BCUT2D eigenvalue weighted by molar-refractivity contribution is -0.0538. The summed E-state index contributed by atoms with van der Waals surface area (Å²) in [5.74, 6) is 4.42. The highest BCUT2D eigenvalue weighted by atomic mass is 35.5. The monoisotopic (exact) mass is 321 g/mol. The zero-order valence-electron chi connectivity index (χ0n) is 12.5. The van der Waals surface area contributed by atoms with E-state index in [9.17, 15) is 0 Å². The molecular formula is C18H24ClNS. The molecule has 0 atom stereocenters. The molecule has 4 fully saturated rings. The topological polar surface area (TPSA) is 26.0 Å². The van der Waals surface area contributed by atoms with Gasteiger partial charge in [-0.05, 0) is 92.1 Å². The highest BCUT2D eigenvalue weighted by Crippen LogP contribution is 2.61. The van der Waals surface area contributed by atoms with Crippen molar-refractivity contribution < 1.29 is 0 Å². The van der Waals surface area contributed by atoms with Gasteiger partial charge < -0.3 is 5.73 Å². The lowest BCUT2D eigenvalue weighted by Gasteiger charge is -2.57. The first-order valence-electron chi connectivity index (χ1n) is 8.30. The molecule has 4 saturated carbocycles. The van der Waals surface area contributed by atoms with Crippen LogP contribution in [0.3, 0.4) is 0 Å². The summed E-state index contributed by atoms with van der Waals surface area (Å²) >= 11 is 8.06. The van der Waals surface area contributed by atoms with E-state index in [-0.39, 0.29) is 0 Å². The van der Waals surface area contributed by atoms with Crippen molar-refractivity contribution in [3.8, 4) is 0 Å². The summed E-state index contributed by atoms with van der Waals surface area (Å²) in [5.41, 5.74) is 7.15. The smallest absolute Gasteiger partial charge is 0.0646 e. The molecule has 1 aromatic rings. The van der Waals surface area contributed by atoms with Gasteiger partial charge in [-0.25, -0.2) is 0 Å². The largest absolute Gasteiger partial charge is 0.398 e. The van der Waals surface area contributed by atoms with Crippen LogP contribution < -0.4 is 5.73 Å². The van der Waals surface area contributed by atoms with Crippen LogP contribution in [0.2, 0.25) is 5.02 Å². The van der Waals surface area contributed by atoms with Crippen LogP contribution >= 0.6 is 23.4 Å². The van der Waals surface area contributed by atoms with E-state index < -0.39 is 0 Å². The van der Waals surface area contributed by atoms with Gasteiger partial charge in [0.25, 0.3) is 0 Å². The van der Waals surface area contributed by atoms with Crippen molar-refractivity contribution >= 4 is 29.1 Å². The van der Waals surface area contributed by atoms with Gasteiger partial charge in [0.2, 0.25) is 0 Å². The Bertz CT molecular complexity index is 507. The zero-order valence-corrected chi connectivity index (χ0v) is 14.1. The Labute approximate surface area is 137 Å². The second kappa shape index (κ2) is 5.38. The molecule has 0 amide bonds. The number of hydrogen-bond acceptors (Lipinski definition) is 2. The molecule has 0 aliphatic heterocycles. The molecule has 114 valence electrons. The molecule has 1 aromatic carbocycles. The van der Waals surface area contributed by atoms with E-state index in [2.05, 4.69) is 6.07 Å². The van der Waals surface area contributed by atoms with Gasteiger partial charge in [0.1, 0.15) is 0 Å². The van der Waals surface area contributed by atoms with Crippen LogP contribution in [0, 0.1) is 23.2 Å². The number of thioether (sulfide) groups is 1. The molecule has 0 radical (unpaired) electrons. The van der Waals surface area contributed by atoms with Crippen LogP contribution in [0.15, 0.2) is 23.1 Å². The maximum absolute atomic E-state index is 6.11. The van der Waals surface area contributed by atoms with Crippen molar-refractivity contribution in [1.29, 1.82) is 0 Å². The second-order valence-electron chi connectivity index (χ2n) is 7.70. The fourth-order valence-corrected chi connectivity index (χ4v) is 6.96. The summed E-state index contributed by atoms with van der Waals surface area (Å²) in [6.07, 6.45) is 10.6. The van der Waals surface area contributed by atoms with Crippen LogP contribution in [0.25, 0.3) is 0 Å². The number of anilines is 1. The van der Waals surface area contributed by atoms with Crippen LogP contribution in [0.1, 0.15) is 44.9 Å². The first-order valence-corrected chi connectivity index (χ1v) is 9.66. The molecular weight excluding hydrogens is 298 g/mol. The van der Waals surface area contributed by atoms with Gasteiger partial charge in [-0.1, -0.05) is 11.6 Å². The fourth-order valence-electron chi connectivity index (χ4n) is 5.58. The van der Waals surface area contributed by atoms with Gasteiger partial charge in [0.15, 0.2) is 0 Å². The molecule has 5 rings (SSSR count). The van der Waals surface area contributed by atoms with E-state index in [1.807, 2.05) is 23.9 Å². The van der Waals surface area contributed by atoms with Gasteiger partial charge in [0.05, 0.1) is 10.7 Å². The summed E-state index contributed by atoms with van der Waals surface area (Å²) in [4.78, 5) is 1.26. The molecule has 0 spiro atoms. The predicted octanol–water partition coefficient (Wildman–Crippen LogP) is 5.62. The van der Waals surface area contributed by atoms with Crippen LogP contribution in [-0.2, 0) is 0 Å². The molecule has 0 aromatic heterocycles. The van der Waals surface area contributed by atoms with E-state index in [0.717, 1.165) is 17.8 Å². The summed E-state index contributed by atoms with van der Waals surface area (Å²) in [6.45, 7) is 0. The molecule has 3 heteroatoms. The van der Waals surface area contributed by atoms with E-state index in [1.54, 1.807) is 19.3 Å². The number of benzene rings is 1. The standard InChI is InChI=1S/C18H24ClNS/c19-16-8-15(1-2-17(16)20)21-4-3-18-9-12-5-13(10-18)7-14(6-12)11-18/h1-2,8,12-14H,3-7,9-11,20H2. The Morgan fingerprint density at radius 1 is 1.10 bits per heavy atom. The van der Waals surface area contributed by atoms with Crippen LogP contribution in [0.5, 0.6) is 0 Å². The van der Waals surface area contributed by atoms with Gasteiger partial charge in [-0.2, -0.15) is 0 Å². The molecule has 4 bridgehead atoms. The molecule has 0 heterocycles. The van der Waals surface area contributed by atoms with Crippen molar-refractivity contribution in [2.24, 2.45) is 23.2 Å². The molecule has 4 aliphatic carbocycles. The Morgan fingerprint density at radius 2 is 1.71 bits per heavy atom. The van der Waals surface area contributed by atoms with Crippen molar-refractivity contribution in [1.82, 2.24) is 0 Å². The summed E-state index contributed by atoms with van der Waals surface area (Å²) < 4.78 is 0. The average Bonchev–Trinajstić information content (AvgIpc) is 2.41. The average molecular weight is 322 g/mol. The molecule has 21 heavy (non-hydrogen) atoms. The first-order chi connectivity index (χ1) is 10.1. The Hall–Kier alpha value is -0.340. The quantitative estimate of drug-likeness (QED) is 0.575. The van der Waals surface area contributed by atoms with E-state index in [4.69, 9.17) is 17.3 Å². The number of rotatable bonds is 4. The third-order valence-corrected chi connectivity index (χ3v) is 7.36. The SMILES string of the molecule is Nc1ccc(SCCC23CC4CC(CC(C4)C2)C3)cc1Cl. The molecule has 0 saturated heterocycles. The third kappa shape index (κ3) is 2.82. The maximum atomic E-state index is 6.11. The van der Waals surface area contributed by atoms with Gasteiger partial charge in [-0.15, -0.1) is 11.8 Å². The number of nitrogen functional groups attached to an aromatic ring is 1. The minimum absolute atomic E-state index is 0.683. The van der Waals surface area contributed by atoms with E-state index in [0.29, 0.717) is 16.1 Å². The Kier molecular flexibility index (Phi) is 3.66. The number of hydrogen-bond donors (Lipinski definition) is 1. The van der Waals surface area contributed by atoms with Gasteiger partial charge >= 0.3 is 0 Å². The zero-order chi connectivity index (χ0) is 14.4.